The van der Waals surface area contributed by atoms with Crippen molar-refractivity contribution >= 4 is 26.6 Å². The Hall–Kier alpha value is -2.48. The number of anilines is 1. The molecular formula is C16H19N5O2S. The van der Waals surface area contributed by atoms with Gasteiger partial charge in [-0.15, -0.1) is 0 Å². The molecule has 1 aromatic carbocycles. The summed E-state index contributed by atoms with van der Waals surface area (Å²) in [6.07, 6.45) is 2.65. The van der Waals surface area contributed by atoms with Gasteiger partial charge in [0.25, 0.3) is 0 Å². The Bertz CT molecular complexity index is 1020. The van der Waals surface area contributed by atoms with E-state index in [1.807, 2.05) is 25.6 Å². The number of hydrogen-bond donors (Lipinski definition) is 1. The zero-order valence-corrected chi connectivity index (χ0v) is 14.8. The number of nitrogens with zero attached hydrogens (tertiary/aromatic N) is 4. The summed E-state index contributed by atoms with van der Waals surface area (Å²) in [5, 5.41) is 8.35. The molecule has 0 radical (unpaired) electrons. The van der Waals surface area contributed by atoms with Crippen LogP contribution in [0.4, 0.5) is 5.82 Å². The molecule has 24 heavy (non-hydrogen) atoms. The molecule has 8 heteroatoms. The molecule has 1 N–H and O–H groups in total. The van der Waals surface area contributed by atoms with Gasteiger partial charge in [-0.05, 0) is 32.0 Å². The first-order valence-electron chi connectivity index (χ1n) is 7.45. The maximum absolute atomic E-state index is 11.8. The van der Waals surface area contributed by atoms with E-state index in [0.29, 0.717) is 23.3 Å². The maximum Gasteiger partial charge on any atom is 0.175 e. The van der Waals surface area contributed by atoms with E-state index in [4.69, 9.17) is 0 Å². The molecule has 0 aliphatic carbocycles. The number of sulfone groups is 1. The normalized spacial score (nSPS) is 11.8. The highest BCUT2D eigenvalue weighted by Crippen LogP contribution is 2.24. The van der Waals surface area contributed by atoms with Crippen LogP contribution in [0, 0.1) is 13.8 Å². The molecular weight excluding hydrogens is 326 g/mol. The van der Waals surface area contributed by atoms with Crippen molar-refractivity contribution < 1.29 is 8.42 Å². The first kappa shape index (κ1) is 16.4. The second kappa shape index (κ2) is 5.86. The zero-order chi connectivity index (χ0) is 17.5. The number of fused-ring (bicyclic) bond motifs is 1. The van der Waals surface area contributed by atoms with Gasteiger partial charge in [0.05, 0.1) is 16.1 Å². The van der Waals surface area contributed by atoms with E-state index in [1.54, 1.807) is 18.2 Å². The van der Waals surface area contributed by atoms with Crippen LogP contribution in [0.3, 0.4) is 0 Å². The van der Waals surface area contributed by atoms with Gasteiger partial charge in [0.2, 0.25) is 0 Å². The summed E-state index contributed by atoms with van der Waals surface area (Å²) in [5.74, 6) is 0.605. The molecule has 2 heterocycles. The summed E-state index contributed by atoms with van der Waals surface area (Å²) >= 11 is 0. The van der Waals surface area contributed by atoms with Crippen LogP contribution < -0.4 is 5.32 Å². The standard InChI is InChI=1S/C16H19N5O2S/c1-10-14(11(2)21(3)20-10)8-17-16-13-7-12(24(4,22)23)5-6-15(13)18-9-19-16/h5-7,9H,8H2,1-4H3,(H,17,18,19). The Labute approximate surface area is 140 Å². The van der Waals surface area contributed by atoms with Crippen molar-refractivity contribution in [1.29, 1.82) is 0 Å². The molecule has 0 saturated heterocycles. The Balaban J connectivity index is 2.00. The Kier molecular flexibility index (Phi) is 4.00. The summed E-state index contributed by atoms with van der Waals surface area (Å²) in [6.45, 7) is 4.53. The lowest BCUT2D eigenvalue weighted by Gasteiger charge is -2.09. The molecule has 0 aliphatic heterocycles. The van der Waals surface area contributed by atoms with Gasteiger partial charge in [0.1, 0.15) is 12.1 Å². The first-order valence-corrected chi connectivity index (χ1v) is 9.34. The lowest BCUT2D eigenvalue weighted by Crippen LogP contribution is -2.05. The molecule has 2 aromatic heterocycles. The third-order valence-corrected chi connectivity index (χ3v) is 5.24. The van der Waals surface area contributed by atoms with Crippen LogP contribution in [0.1, 0.15) is 17.0 Å². The molecule has 0 unspecified atom stereocenters. The third-order valence-electron chi connectivity index (χ3n) is 4.13. The van der Waals surface area contributed by atoms with E-state index in [-0.39, 0.29) is 4.90 Å². The van der Waals surface area contributed by atoms with Gasteiger partial charge in [0, 0.05) is 36.5 Å². The highest BCUT2D eigenvalue weighted by molar-refractivity contribution is 7.90. The minimum atomic E-state index is -3.28. The van der Waals surface area contributed by atoms with Crippen molar-refractivity contribution in [1.82, 2.24) is 19.7 Å². The predicted octanol–water partition coefficient (Wildman–Crippen LogP) is 2.00. The summed E-state index contributed by atoms with van der Waals surface area (Å²) < 4.78 is 25.4. The van der Waals surface area contributed by atoms with Crippen molar-refractivity contribution in [2.24, 2.45) is 7.05 Å². The number of nitrogens with one attached hydrogen (secondary N) is 1. The van der Waals surface area contributed by atoms with Crippen LogP contribution in [0.25, 0.3) is 10.9 Å². The van der Waals surface area contributed by atoms with Crippen LogP contribution in [-0.4, -0.2) is 34.4 Å². The second-order valence-electron chi connectivity index (χ2n) is 5.80. The zero-order valence-electron chi connectivity index (χ0n) is 14.0. The fourth-order valence-electron chi connectivity index (χ4n) is 2.65. The van der Waals surface area contributed by atoms with Gasteiger partial charge in [-0.1, -0.05) is 0 Å². The fourth-order valence-corrected chi connectivity index (χ4v) is 3.30. The molecule has 0 saturated carbocycles. The lowest BCUT2D eigenvalue weighted by atomic mass is 10.2. The van der Waals surface area contributed by atoms with E-state index in [2.05, 4.69) is 20.4 Å². The highest BCUT2D eigenvalue weighted by Gasteiger charge is 2.13. The van der Waals surface area contributed by atoms with Crippen molar-refractivity contribution in [3.05, 3.63) is 41.5 Å². The Morgan fingerprint density at radius 3 is 2.58 bits per heavy atom. The summed E-state index contributed by atoms with van der Waals surface area (Å²) in [5.41, 5.74) is 3.83. The van der Waals surface area contributed by atoms with Gasteiger partial charge < -0.3 is 5.32 Å². The van der Waals surface area contributed by atoms with Crippen LogP contribution in [-0.2, 0) is 23.4 Å². The maximum atomic E-state index is 11.8. The van der Waals surface area contributed by atoms with Gasteiger partial charge in [-0.25, -0.2) is 18.4 Å². The monoisotopic (exact) mass is 345 g/mol. The minimum Gasteiger partial charge on any atom is -0.365 e. The van der Waals surface area contributed by atoms with E-state index >= 15 is 0 Å². The number of rotatable bonds is 4. The largest absolute Gasteiger partial charge is 0.365 e. The Morgan fingerprint density at radius 2 is 1.96 bits per heavy atom. The topological polar surface area (TPSA) is 89.8 Å². The van der Waals surface area contributed by atoms with Crippen molar-refractivity contribution in [2.45, 2.75) is 25.3 Å². The molecule has 0 aliphatic rings. The van der Waals surface area contributed by atoms with Crippen molar-refractivity contribution in [2.75, 3.05) is 11.6 Å². The lowest BCUT2D eigenvalue weighted by molar-refractivity contribution is 0.602. The number of aromatic nitrogens is 4. The second-order valence-corrected chi connectivity index (χ2v) is 7.82. The van der Waals surface area contributed by atoms with E-state index in [0.717, 1.165) is 17.0 Å². The third kappa shape index (κ3) is 2.96. The highest BCUT2D eigenvalue weighted by atomic mass is 32.2. The SMILES string of the molecule is Cc1nn(C)c(C)c1CNc1ncnc2ccc(S(C)(=O)=O)cc12. The van der Waals surface area contributed by atoms with E-state index in [1.165, 1.54) is 12.6 Å². The molecule has 3 aromatic rings. The summed E-state index contributed by atoms with van der Waals surface area (Å²) in [7, 11) is -1.38. The number of hydrogen-bond acceptors (Lipinski definition) is 6. The Morgan fingerprint density at radius 1 is 1.21 bits per heavy atom. The van der Waals surface area contributed by atoms with Gasteiger partial charge >= 0.3 is 0 Å². The molecule has 0 atom stereocenters. The molecule has 0 fully saturated rings. The molecule has 126 valence electrons. The molecule has 3 rings (SSSR count). The number of aryl methyl sites for hydroxylation is 2. The van der Waals surface area contributed by atoms with Crippen LogP contribution in [0.2, 0.25) is 0 Å². The number of benzene rings is 1. The van der Waals surface area contributed by atoms with Gasteiger partial charge in [-0.2, -0.15) is 5.10 Å². The van der Waals surface area contributed by atoms with Crippen molar-refractivity contribution in [3.8, 4) is 0 Å². The van der Waals surface area contributed by atoms with Gasteiger partial charge in [0.15, 0.2) is 9.84 Å². The fraction of sp³-hybridized carbons (Fsp3) is 0.312. The smallest absolute Gasteiger partial charge is 0.175 e. The predicted molar refractivity (Wildman–Crippen MR) is 92.7 cm³/mol. The molecule has 0 spiro atoms. The summed E-state index contributed by atoms with van der Waals surface area (Å²) in [6, 6.07) is 4.86. The van der Waals surface area contributed by atoms with Crippen molar-refractivity contribution in [3.63, 3.8) is 0 Å². The van der Waals surface area contributed by atoms with E-state index < -0.39 is 9.84 Å². The molecule has 0 amide bonds. The van der Waals surface area contributed by atoms with Crippen LogP contribution in [0.5, 0.6) is 0 Å². The first-order chi connectivity index (χ1) is 11.3. The average Bonchev–Trinajstić information content (AvgIpc) is 2.76. The van der Waals surface area contributed by atoms with Gasteiger partial charge in [-0.3, -0.25) is 4.68 Å². The molecule has 0 bridgehead atoms. The molecule has 7 nitrogen and oxygen atoms in total. The van der Waals surface area contributed by atoms with Crippen LogP contribution in [0.15, 0.2) is 29.4 Å². The average molecular weight is 345 g/mol. The summed E-state index contributed by atoms with van der Waals surface area (Å²) in [4.78, 5) is 8.72. The van der Waals surface area contributed by atoms with Crippen LogP contribution >= 0.6 is 0 Å². The van der Waals surface area contributed by atoms with E-state index in [9.17, 15) is 8.42 Å². The quantitative estimate of drug-likeness (QED) is 0.778. The minimum absolute atomic E-state index is 0.251.